The number of hydrogen-bond donors (Lipinski definition) is 3. The van der Waals surface area contributed by atoms with E-state index in [2.05, 4.69) is 67.8 Å². The molecule has 7 nitrogen and oxygen atoms in total. The minimum atomic E-state index is -1.04. The summed E-state index contributed by atoms with van der Waals surface area (Å²) in [5.41, 5.74) is 5.49. The maximum absolute atomic E-state index is 12.7. The van der Waals surface area contributed by atoms with E-state index in [1.54, 1.807) is 0 Å². The second kappa shape index (κ2) is 37.3. The normalized spacial score (nSPS) is 13.3. The number of hydrogen-bond acceptors (Lipinski definition) is 5. The molecule has 0 saturated heterocycles. The van der Waals surface area contributed by atoms with Gasteiger partial charge in [-0.2, -0.15) is 0 Å². The number of nitrogens with one attached hydrogen (secondary N) is 1. The molecule has 0 aromatic rings. The van der Waals surface area contributed by atoms with Crippen molar-refractivity contribution in [2.75, 3.05) is 6.54 Å². The number of esters is 1. The average molecular weight is 699 g/mol. The fraction of sp³-hybridized carbons (Fsp3) is 0.698. The first-order valence-electron chi connectivity index (χ1n) is 20.1. The van der Waals surface area contributed by atoms with E-state index in [9.17, 15) is 19.5 Å². The van der Waals surface area contributed by atoms with Gasteiger partial charge in [-0.05, 0) is 83.2 Å². The highest BCUT2D eigenvalue weighted by Crippen LogP contribution is 2.15. The van der Waals surface area contributed by atoms with E-state index in [0.717, 1.165) is 44.9 Å². The lowest BCUT2D eigenvalue weighted by atomic mass is 10.0. The Bertz CT molecular complexity index is 968. The van der Waals surface area contributed by atoms with E-state index >= 15 is 0 Å². The first kappa shape index (κ1) is 47.1. The van der Waals surface area contributed by atoms with Crippen LogP contribution in [-0.4, -0.2) is 41.6 Å². The van der Waals surface area contributed by atoms with Crippen molar-refractivity contribution >= 4 is 17.8 Å². The van der Waals surface area contributed by atoms with Crippen LogP contribution in [0.15, 0.2) is 60.8 Å². The number of carboxylic acids is 1. The molecule has 0 rings (SSSR count). The number of carbonyl (C=O) groups excluding carboxylic acids is 2. The Morgan fingerprint density at radius 2 is 1.08 bits per heavy atom. The number of allylic oxidation sites excluding steroid dienone is 9. The van der Waals surface area contributed by atoms with Gasteiger partial charge in [0.25, 0.3) is 0 Å². The number of carbonyl (C=O) groups is 3. The minimum Gasteiger partial charge on any atom is -0.480 e. The van der Waals surface area contributed by atoms with Gasteiger partial charge in [0, 0.05) is 12.8 Å². The van der Waals surface area contributed by atoms with Crippen molar-refractivity contribution in [3.63, 3.8) is 0 Å². The fourth-order valence-corrected chi connectivity index (χ4v) is 5.57. The number of nitrogens with two attached hydrogens (primary N) is 1. The van der Waals surface area contributed by atoms with Gasteiger partial charge in [-0.25, -0.2) is 4.79 Å². The van der Waals surface area contributed by atoms with Crippen LogP contribution in [0.25, 0.3) is 0 Å². The first-order valence-corrected chi connectivity index (χ1v) is 20.1. The summed E-state index contributed by atoms with van der Waals surface area (Å²) in [6, 6.07) is -0.911. The van der Waals surface area contributed by atoms with Gasteiger partial charge in [-0.3, -0.25) is 9.59 Å². The van der Waals surface area contributed by atoms with Crippen LogP contribution in [0.2, 0.25) is 0 Å². The molecule has 4 N–H and O–H groups in total. The number of aliphatic carboxylic acids is 1. The van der Waals surface area contributed by atoms with E-state index in [1.165, 1.54) is 70.6 Å². The topological polar surface area (TPSA) is 119 Å². The van der Waals surface area contributed by atoms with Crippen LogP contribution >= 0.6 is 0 Å². The summed E-state index contributed by atoms with van der Waals surface area (Å²) in [6.45, 7) is 4.78. The highest BCUT2D eigenvalue weighted by Gasteiger charge is 2.19. The molecule has 0 aliphatic carbocycles. The predicted octanol–water partition coefficient (Wildman–Crippen LogP) is 11.0. The molecule has 0 spiro atoms. The first-order chi connectivity index (χ1) is 24.4. The van der Waals surface area contributed by atoms with E-state index in [-0.39, 0.29) is 24.4 Å². The van der Waals surface area contributed by atoms with Crippen molar-refractivity contribution in [2.24, 2.45) is 5.73 Å². The Hall–Kier alpha value is -2.93. The molecule has 0 fully saturated rings. The lowest BCUT2D eigenvalue weighted by Crippen LogP contribution is -2.40. The van der Waals surface area contributed by atoms with Gasteiger partial charge in [0.2, 0.25) is 5.91 Å². The van der Waals surface area contributed by atoms with Crippen molar-refractivity contribution in [2.45, 2.75) is 187 Å². The second-order valence-electron chi connectivity index (χ2n) is 13.3. The summed E-state index contributed by atoms with van der Waals surface area (Å²) < 4.78 is 5.86. The molecule has 0 saturated carbocycles. The van der Waals surface area contributed by atoms with Crippen molar-refractivity contribution in [1.29, 1.82) is 0 Å². The zero-order valence-corrected chi connectivity index (χ0v) is 32.0. The predicted molar refractivity (Wildman–Crippen MR) is 211 cm³/mol. The van der Waals surface area contributed by atoms with E-state index in [1.807, 2.05) is 12.2 Å². The highest BCUT2D eigenvalue weighted by atomic mass is 16.5. The number of ether oxygens (including phenoxy) is 1. The molecule has 0 aromatic carbocycles. The van der Waals surface area contributed by atoms with Crippen molar-refractivity contribution < 1.29 is 24.2 Å². The zero-order chi connectivity index (χ0) is 36.8. The van der Waals surface area contributed by atoms with Gasteiger partial charge in [-0.15, -0.1) is 0 Å². The summed E-state index contributed by atoms with van der Waals surface area (Å²) >= 11 is 0. The van der Waals surface area contributed by atoms with Crippen molar-refractivity contribution in [1.82, 2.24) is 5.32 Å². The molecule has 0 radical (unpaired) electrons. The Morgan fingerprint density at radius 1 is 0.600 bits per heavy atom. The summed E-state index contributed by atoms with van der Waals surface area (Å²) in [4.78, 5) is 36.5. The van der Waals surface area contributed by atoms with Gasteiger partial charge < -0.3 is 20.9 Å². The third kappa shape index (κ3) is 33.6. The van der Waals surface area contributed by atoms with Crippen LogP contribution in [0.5, 0.6) is 0 Å². The number of rotatable bonds is 35. The minimum absolute atomic E-state index is 0.166. The van der Waals surface area contributed by atoms with Crippen LogP contribution in [0.3, 0.4) is 0 Å². The van der Waals surface area contributed by atoms with E-state index < -0.39 is 12.0 Å². The second-order valence-corrected chi connectivity index (χ2v) is 13.3. The highest BCUT2D eigenvalue weighted by molar-refractivity contribution is 5.83. The van der Waals surface area contributed by atoms with E-state index in [0.29, 0.717) is 45.1 Å². The van der Waals surface area contributed by atoms with Crippen molar-refractivity contribution in [3.05, 3.63) is 60.8 Å². The lowest BCUT2D eigenvalue weighted by molar-refractivity contribution is -0.147. The number of amides is 1. The summed E-state index contributed by atoms with van der Waals surface area (Å²) in [6.07, 6.45) is 45.5. The third-order valence-corrected chi connectivity index (χ3v) is 8.58. The van der Waals surface area contributed by atoms with Crippen LogP contribution in [0, 0.1) is 0 Å². The molecular formula is C43H74N2O5. The summed E-state index contributed by atoms with van der Waals surface area (Å²) in [5.74, 6) is -1.48. The molecule has 286 valence electrons. The Labute approximate surface area is 306 Å². The summed E-state index contributed by atoms with van der Waals surface area (Å²) in [5, 5.41) is 12.0. The molecule has 0 aliphatic rings. The van der Waals surface area contributed by atoms with Crippen LogP contribution < -0.4 is 11.1 Å². The maximum Gasteiger partial charge on any atom is 0.326 e. The molecule has 1 amide bonds. The van der Waals surface area contributed by atoms with Crippen LogP contribution in [0.1, 0.15) is 174 Å². The maximum atomic E-state index is 12.7. The SMILES string of the molecule is CC/C=C\C/C=C\C/C=C\C/C=C\C/C=C\C(CCCCC(=O)NC(CCCN)C(=O)O)OC(=O)CCCCCCCCCCCCCCC. The molecule has 50 heavy (non-hydrogen) atoms. The standard InChI is InChI=1S/C43H74N2O5/c1-3-5-7-9-11-13-15-17-19-20-22-24-26-28-33-39(34-30-31-36-41(46)45-40(43(48)49)35-32-38-44)50-42(47)37-29-27-25-23-21-18-16-14-12-10-8-6-4-2/h5,7,11,13,17,19,22,24,28,33,39-40H,3-4,6,8-10,12,14-16,18,20-21,23,25-27,29-32,34-38,44H2,1-2H3,(H,45,46)(H,48,49)/b7-5-,13-11-,19-17-,24-22-,33-28-. The van der Waals surface area contributed by atoms with Crippen LogP contribution in [-0.2, 0) is 19.1 Å². The Morgan fingerprint density at radius 3 is 1.58 bits per heavy atom. The molecule has 0 bridgehead atoms. The molecule has 2 atom stereocenters. The molecule has 0 heterocycles. The average Bonchev–Trinajstić information content (AvgIpc) is 3.10. The Balaban J connectivity index is 4.58. The molecular weight excluding hydrogens is 624 g/mol. The number of unbranched alkanes of at least 4 members (excludes halogenated alkanes) is 13. The van der Waals surface area contributed by atoms with Gasteiger partial charge in [0.15, 0.2) is 0 Å². The smallest absolute Gasteiger partial charge is 0.326 e. The van der Waals surface area contributed by atoms with Gasteiger partial charge in [-0.1, -0.05) is 146 Å². The van der Waals surface area contributed by atoms with Crippen molar-refractivity contribution in [3.8, 4) is 0 Å². The van der Waals surface area contributed by atoms with Gasteiger partial charge in [0.05, 0.1) is 0 Å². The van der Waals surface area contributed by atoms with Gasteiger partial charge >= 0.3 is 11.9 Å². The fourth-order valence-electron chi connectivity index (χ4n) is 5.57. The van der Waals surface area contributed by atoms with E-state index in [4.69, 9.17) is 10.5 Å². The monoisotopic (exact) mass is 699 g/mol. The van der Waals surface area contributed by atoms with Gasteiger partial charge in [0.1, 0.15) is 12.1 Å². The zero-order valence-electron chi connectivity index (χ0n) is 32.0. The lowest BCUT2D eigenvalue weighted by Gasteiger charge is -2.16. The number of carboxylic acid groups (broad SMARTS) is 1. The molecule has 7 heteroatoms. The molecule has 0 aromatic heterocycles. The molecule has 2 unspecified atom stereocenters. The van der Waals surface area contributed by atoms with Crippen LogP contribution in [0.4, 0.5) is 0 Å². The Kier molecular flexibility index (Phi) is 35.1. The third-order valence-electron chi connectivity index (χ3n) is 8.58. The quantitative estimate of drug-likeness (QED) is 0.0344. The summed E-state index contributed by atoms with van der Waals surface area (Å²) in [7, 11) is 0. The molecule has 0 aliphatic heterocycles. The largest absolute Gasteiger partial charge is 0.480 e.